The van der Waals surface area contributed by atoms with E-state index in [1.54, 1.807) is 30.9 Å². The van der Waals surface area contributed by atoms with Gasteiger partial charge in [-0.25, -0.2) is 4.79 Å². The first-order chi connectivity index (χ1) is 23.6. The summed E-state index contributed by atoms with van der Waals surface area (Å²) in [5.74, 6) is -3.72. The Labute approximate surface area is 289 Å². The minimum atomic E-state index is -1.75. The van der Waals surface area contributed by atoms with E-state index < -0.39 is 78.1 Å². The molecular formula is C35H43N3O12. The molecule has 4 aliphatic rings. The zero-order valence-electron chi connectivity index (χ0n) is 29.2. The summed E-state index contributed by atoms with van der Waals surface area (Å²) in [6, 6.07) is 5.07. The van der Waals surface area contributed by atoms with E-state index >= 15 is 0 Å². The zero-order valence-corrected chi connectivity index (χ0v) is 29.2. The maximum atomic E-state index is 13.8. The number of fused-ring (bicyclic) bond motifs is 5. The van der Waals surface area contributed by atoms with Gasteiger partial charge in [-0.05, 0) is 57.6 Å². The van der Waals surface area contributed by atoms with E-state index in [-0.39, 0.29) is 18.9 Å². The van der Waals surface area contributed by atoms with Crippen molar-refractivity contribution in [1.29, 1.82) is 0 Å². The van der Waals surface area contributed by atoms with Crippen LogP contribution in [-0.4, -0.2) is 107 Å². The largest absolute Gasteiger partial charge is 0.463 e. The average Bonchev–Trinajstić information content (AvgIpc) is 3.40. The highest BCUT2D eigenvalue weighted by molar-refractivity contribution is 5.89. The number of carbonyl (C=O) groups excluding carboxylic acids is 5. The van der Waals surface area contributed by atoms with Gasteiger partial charge in [0.15, 0.2) is 17.8 Å². The van der Waals surface area contributed by atoms with Crippen molar-refractivity contribution < 1.29 is 57.5 Å². The third-order valence-corrected chi connectivity index (χ3v) is 10.0. The Kier molecular flexibility index (Phi) is 9.52. The van der Waals surface area contributed by atoms with Crippen molar-refractivity contribution in [3.05, 3.63) is 35.0 Å². The fourth-order valence-corrected chi connectivity index (χ4v) is 7.80. The first-order valence-electron chi connectivity index (χ1n) is 16.8. The standard InChI is InChI=1S/C35H43N3O12/c1-8-35(44)24-12-26-28-20(13-38(26)32(42)23(24)15-45-34(35)43)11-21-22(14-37(6)7)27(10-9-25(21)36-28)50-33-31(49-19(5)41)30(48-18(4)40)29(16(2)46-33)47-17(3)39/h9-11,16,23-24,26,29-31,33,44H,8,12-15H2,1-7H3/t16-,23?,24?,26?,29+,30+,31-,33-,35-/m0/s1. The van der Waals surface area contributed by atoms with Crippen LogP contribution in [0.3, 0.4) is 0 Å². The van der Waals surface area contributed by atoms with Gasteiger partial charge in [0.05, 0.1) is 29.3 Å². The topological polar surface area (TPSA) is 180 Å². The highest BCUT2D eigenvalue weighted by Crippen LogP contribution is 2.50. The maximum Gasteiger partial charge on any atom is 0.338 e. The monoisotopic (exact) mass is 697 g/mol. The molecule has 3 unspecified atom stereocenters. The summed E-state index contributed by atoms with van der Waals surface area (Å²) in [7, 11) is 3.78. The van der Waals surface area contributed by atoms with E-state index in [1.807, 2.05) is 25.1 Å². The predicted octanol–water partition coefficient (Wildman–Crippen LogP) is 1.93. The molecule has 0 radical (unpaired) electrons. The predicted molar refractivity (Wildman–Crippen MR) is 172 cm³/mol. The fourth-order valence-electron chi connectivity index (χ4n) is 7.80. The molecule has 15 nitrogen and oxygen atoms in total. The number of carbonyl (C=O) groups is 5. The van der Waals surface area contributed by atoms with Crippen LogP contribution in [0.1, 0.15) is 70.3 Å². The Morgan fingerprint density at radius 2 is 1.70 bits per heavy atom. The number of aromatic nitrogens is 1. The Balaban J connectivity index is 1.38. The molecule has 0 saturated carbocycles. The number of ether oxygens (including phenoxy) is 6. The average molecular weight is 698 g/mol. The summed E-state index contributed by atoms with van der Waals surface area (Å²) < 4.78 is 34.4. The molecule has 0 aliphatic carbocycles. The van der Waals surface area contributed by atoms with E-state index in [1.165, 1.54) is 20.8 Å². The number of hydrogen-bond acceptors (Lipinski definition) is 14. The van der Waals surface area contributed by atoms with Gasteiger partial charge in [-0.2, -0.15) is 0 Å². The first-order valence-corrected chi connectivity index (χ1v) is 16.8. The van der Waals surface area contributed by atoms with E-state index in [9.17, 15) is 29.1 Å². The molecule has 4 aliphatic heterocycles. The number of amides is 1. The van der Waals surface area contributed by atoms with Crippen molar-refractivity contribution in [3.63, 3.8) is 0 Å². The quantitative estimate of drug-likeness (QED) is 0.312. The van der Waals surface area contributed by atoms with Gasteiger partial charge in [-0.1, -0.05) is 6.92 Å². The Hall–Kier alpha value is -4.34. The Morgan fingerprint density at radius 1 is 1.04 bits per heavy atom. The lowest BCUT2D eigenvalue weighted by Gasteiger charge is -2.48. The molecule has 9 atom stereocenters. The normalized spacial score (nSPS) is 31.7. The second kappa shape index (κ2) is 13.4. The third-order valence-electron chi connectivity index (χ3n) is 10.0. The molecule has 1 N–H and O–H groups in total. The SMILES string of the molecule is CC[C@@]1(O)C(=O)OCC2C(=O)N3Cc4cc5c(CN(C)C)c(O[C@@H]6O[C@@H](C)[C@@H](OC(C)=O)[C@@H](OC(C)=O)[C@@H]6OC(C)=O)ccc5nc4C3CC21. The number of piperidine rings is 1. The molecule has 5 heterocycles. The molecular weight excluding hydrogens is 654 g/mol. The van der Waals surface area contributed by atoms with Crippen LogP contribution < -0.4 is 4.74 Å². The molecule has 6 rings (SSSR count). The minimum absolute atomic E-state index is 0.0660. The van der Waals surface area contributed by atoms with Gasteiger partial charge in [-0.15, -0.1) is 0 Å². The van der Waals surface area contributed by atoms with Gasteiger partial charge in [0.25, 0.3) is 0 Å². The van der Waals surface area contributed by atoms with E-state index in [2.05, 4.69) is 0 Å². The molecule has 3 saturated heterocycles. The second-order valence-electron chi connectivity index (χ2n) is 13.7. The maximum absolute atomic E-state index is 13.8. The lowest BCUT2D eigenvalue weighted by molar-refractivity contribution is -0.280. The summed E-state index contributed by atoms with van der Waals surface area (Å²) in [4.78, 5) is 71.5. The molecule has 15 heteroatoms. The highest BCUT2D eigenvalue weighted by atomic mass is 16.7. The van der Waals surface area contributed by atoms with Crippen LogP contribution in [0.2, 0.25) is 0 Å². The molecule has 0 spiro atoms. The van der Waals surface area contributed by atoms with Crippen LogP contribution in [0.15, 0.2) is 18.2 Å². The van der Waals surface area contributed by atoms with Crippen molar-refractivity contribution in [2.45, 2.75) is 103 Å². The zero-order chi connectivity index (χ0) is 36.2. The molecule has 2 aromatic rings. The summed E-state index contributed by atoms with van der Waals surface area (Å²) in [6.07, 6.45) is -5.15. The summed E-state index contributed by atoms with van der Waals surface area (Å²) in [6.45, 7) is 7.58. The fraction of sp³-hybridized carbons (Fsp3) is 0.600. The van der Waals surface area contributed by atoms with Crippen molar-refractivity contribution in [2.24, 2.45) is 11.8 Å². The minimum Gasteiger partial charge on any atom is -0.463 e. The van der Waals surface area contributed by atoms with Crippen molar-refractivity contribution in [1.82, 2.24) is 14.8 Å². The third kappa shape index (κ3) is 6.26. The van der Waals surface area contributed by atoms with Crippen molar-refractivity contribution in [3.8, 4) is 5.75 Å². The first kappa shape index (κ1) is 35.5. The van der Waals surface area contributed by atoms with Gasteiger partial charge in [-0.3, -0.25) is 24.2 Å². The summed E-state index contributed by atoms with van der Waals surface area (Å²) in [5, 5.41) is 12.1. The number of pyridine rings is 1. The highest BCUT2D eigenvalue weighted by Gasteiger charge is 2.59. The lowest BCUT2D eigenvalue weighted by atomic mass is 9.69. The van der Waals surface area contributed by atoms with Crippen LogP contribution in [0.5, 0.6) is 5.75 Å². The number of hydrogen-bond donors (Lipinski definition) is 1. The second-order valence-corrected chi connectivity index (χ2v) is 13.7. The summed E-state index contributed by atoms with van der Waals surface area (Å²) in [5.41, 5.74) is 1.17. The molecule has 1 aromatic carbocycles. The van der Waals surface area contributed by atoms with Gasteiger partial charge >= 0.3 is 23.9 Å². The van der Waals surface area contributed by atoms with Gasteiger partial charge in [0, 0.05) is 50.7 Å². The van der Waals surface area contributed by atoms with Crippen LogP contribution >= 0.6 is 0 Å². The van der Waals surface area contributed by atoms with E-state index in [4.69, 9.17) is 33.4 Å². The number of cyclic esters (lactones) is 1. The number of benzene rings is 1. The van der Waals surface area contributed by atoms with Crippen molar-refractivity contribution >= 4 is 40.7 Å². The smallest absolute Gasteiger partial charge is 0.338 e. The number of nitrogens with zero attached hydrogens (tertiary/aromatic N) is 3. The molecule has 1 amide bonds. The van der Waals surface area contributed by atoms with Gasteiger partial charge in [0.2, 0.25) is 18.3 Å². The van der Waals surface area contributed by atoms with Crippen LogP contribution in [0.25, 0.3) is 10.9 Å². The van der Waals surface area contributed by atoms with E-state index in [0.717, 1.165) is 16.5 Å². The van der Waals surface area contributed by atoms with E-state index in [0.29, 0.717) is 36.5 Å². The molecule has 3 fully saturated rings. The number of esters is 4. The number of rotatable bonds is 8. The lowest BCUT2D eigenvalue weighted by Crippen LogP contribution is -2.62. The molecule has 0 bridgehead atoms. The molecule has 1 aromatic heterocycles. The number of aliphatic hydroxyl groups is 1. The van der Waals surface area contributed by atoms with Crippen LogP contribution in [-0.2, 0) is 60.7 Å². The van der Waals surface area contributed by atoms with Crippen LogP contribution in [0.4, 0.5) is 0 Å². The van der Waals surface area contributed by atoms with Crippen LogP contribution in [0, 0.1) is 11.8 Å². The molecule has 270 valence electrons. The van der Waals surface area contributed by atoms with Gasteiger partial charge < -0.3 is 43.3 Å². The van der Waals surface area contributed by atoms with Crippen molar-refractivity contribution in [2.75, 3.05) is 20.7 Å². The Morgan fingerprint density at radius 3 is 2.34 bits per heavy atom. The Bertz CT molecular complexity index is 1730. The summed E-state index contributed by atoms with van der Waals surface area (Å²) >= 11 is 0. The van der Waals surface area contributed by atoms with Gasteiger partial charge in [0.1, 0.15) is 12.4 Å². The molecule has 50 heavy (non-hydrogen) atoms.